The lowest BCUT2D eigenvalue weighted by Gasteiger charge is -2.21. The largest absolute Gasteiger partial charge is 0.497 e. The van der Waals surface area contributed by atoms with Gasteiger partial charge in [0.05, 0.1) is 33.1 Å². The van der Waals surface area contributed by atoms with Crippen molar-refractivity contribution in [3.63, 3.8) is 0 Å². The number of rotatable bonds is 6. The fourth-order valence-electron chi connectivity index (χ4n) is 4.93. The number of methoxy groups -OCH3 is 3. The average molecular weight is 464 g/mol. The molecule has 2 aromatic carbocycles. The molecule has 1 saturated heterocycles. The van der Waals surface area contributed by atoms with Crippen molar-refractivity contribution in [1.82, 2.24) is 9.78 Å². The minimum absolute atomic E-state index is 0.122. The molecule has 2 aliphatic rings. The first kappa shape index (κ1) is 22.3. The quantitative estimate of drug-likeness (QED) is 0.602. The SMILES string of the molecule is COc1cc(OC)cc(-c2nn(-c3cc(N4CC[C@H](O)C4)ccc3OC)c(=O)c3c2CCC3)c1. The maximum absolute atomic E-state index is 13.6. The van der Waals surface area contributed by atoms with Crippen molar-refractivity contribution in [2.24, 2.45) is 0 Å². The van der Waals surface area contributed by atoms with Crippen molar-refractivity contribution < 1.29 is 19.3 Å². The van der Waals surface area contributed by atoms with E-state index in [-0.39, 0.29) is 11.7 Å². The zero-order valence-electron chi connectivity index (χ0n) is 19.7. The summed E-state index contributed by atoms with van der Waals surface area (Å²) in [4.78, 5) is 15.7. The smallest absolute Gasteiger partial charge is 0.275 e. The van der Waals surface area contributed by atoms with Crippen molar-refractivity contribution in [2.45, 2.75) is 31.8 Å². The van der Waals surface area contributed by atoms with Gasteiger partial charge in [0.1, 0.15) is 22.9 Å². The third-order valence-corrected chi connectivity index (χ3v) is 6.70. The third kappa shape index (κ3) is 3.88. The zero-order chi connectivity index (χ0) is 23.8. The van der Waals surface area contributed by atoms with Crippen LogP contribution in [-0.4, -0.2) is 55.4 Å². The Kier molecular flexibility index (Phi) is 5.91. The van der Waals surface area contributed by atoms with E-state index in [1.165, 1.54) is 4.68 Å². The highest BCUT2D eigenvalue weighted by Crippen LogP contribution is 2.35. The van der Waals surface area contributed by atoms with Crippen LogP contribution < -0.4 is 24.7 Å². The van der Waals surface area contributed by atoms with Gasteiger partial charge in [-0.3, -0.25) is 4.79 Å². The zero-order valence-corrected chi connectivity index (χ0v) is 19.7. The maximum Gasteiger partial charge on any atom is 0.275 e. The molecule has 1 aliphatic carbocycles. The fraction of sp³-hybridized carbons (Fsp3) is 0.385. The minimum atomic E-state index is -0.346. The monoisotopic (exact) mass is 463 g/mol. The van der Waals surface area contributed by atoms with Crippen LogP contribution in [0.5, 0.6) is 17.2 Å². The summed E-state index contributed by atoms with van der Waals surface area (Å²) in [6, 6.07) is 11.4. The summed E-state index contributed by atoms with van der Waals surface area (Å²) in [6.45, 7) is 1.32. The first-order valence-electron chi connectivity index (χ1n) is 11.5. The molecule has 0 amide bonds. The highest BCUT2D eigenvalue weighted by Gasteiger charge is 2.26. The van der Waals surface area contributed by atoms with Crippen molar-refractivity contribution in [2.75, 3.05) is 39.3 Å². The van der Waals surface area contributed by atoms with Crippen molar-refractivity contribution >= 4 is 5.69 Å². The molecule has 3 aromatic rings. The minimum Gasteiger partial charge on any atom is -0.497 e. The Bertz CT molecular complexity index is 1260. The Morgan fingerprint density at radius 3 is 2.35 bits per heavy atom. The van der Waals surface area contributed by atoms with Gasteiger partial charge in [0, 0.05) is 36.0 Å². The van der Waals surface area contributed by atoms with Crippen LogP contribution in [0, 0.1) is 0 Å². The van der Waals surface area contributed by atoms with Crippen LogP contribution in [0.15, 0.2) is 41.2 Å². The van der Waals surface area contributed by atoms with E-state index in [1.54, 1.807) is 21.3 Å². The Hall–Kier alpha value is -3.52. The summed E-state index contributed by atoms with van der Waals surface area (Å²) in [5.41, 5.74) is 4.73. The number of fused-ring (bicyclic) bond motifs is 1. The third-order valence-electron chi connectivity index (χ3n) is 6.70. The summed E-state index contributed by atoms with van der Waals surface area (Å²) < 4.78 is 18.0. The van der Waals surface area contributed by atoms with E-state index < -0.39 is 0 Å². The van der Waals surface area contributed by atoms with Gasteiger partial charge in [0.2, 0.25) is 0 Å². The Labute approximate surface area is 198 Å². The second kappa shape index (κ2) is 9.02. The number of aliphatic hydroxyl groups is 1. The summed E-state index contributed by atoms with van der Waals surface area (Å²) in [5, 5.41) is 14.9. The molecule has 1 atom stereocenters. The highest BCUT2D eigenvalue weighted by molar-refractivity contribution is 5.69. The van der Waals surface area contributed by atoms with Crippen LogP contribution in [0.1, 0.15) is 24.0 Å². The van der Waals surface area contributed by atoms with Crippen LogP contribution in [0.4, 0.5) is 5.69 Å². The predicted octanol–water partition coefficient (Wildman–Crippen LogP) is 2.99. The van der Waals surface area contributed by atoms with E-state index in [1.807, 2.05) is 36.4 Å². The molecule has 0 spiro atoms. The molecule has 178 valence electrons. The standard InChI is InChI=1S/C26H29N3O5/c1-32-19-11-16(12-20(14-19)33-2)25-21-5-4-6-22(21)26(31)29(27-25)23-13-17(7-8-24(23)34-3)28-10-9-18(30)15-28/h7-8,11-14,18,30H,4-6,9-10,15H2,1-3H3/t18-/m0/s1. The van der Waals surface area contributed by atoms with Crippen LogP contribution in [-0.2, 0) is 12.8 Å². The van der Waals surface area contributed by atoms with Gasteiger partial charge in [-0.15, -0.1) is 0 Å². The molecular formula is C26H29N3O5. The molecule has 5 rings (SSSR count). The lowest BCUT2D eigenvalue weighted by Crippen LogP contribution is -2.27. The number of hydrogen-bond donors (Lipinski definition) is 1. The molecule has 0 saturated carbocycles. The molecule has 2 heterocycles. The average Bonchev–Trinajstić information content (AvgIpc) is 3.53. The maximum atomic E-state index is 13.6. The van der Waals surface area contributed by atoms with E-state index >= 15 is 0 Å². The molecular weight excluding hydrogens is 434 g/mol. The highest BCUT2D eigenvalue weighted by atomic mass is 16.5. The van der Waals surface area contributed by atoms with E-state index in [9.17, 15) is 9.90 Å². The lowest BCUT2D eigenvalue weighted by atomic mass is 10.0. The molecule has 1 N–H and O–H groups in total. The molecule has 8 nitrogen and oxygen atoms in total. The van der Waals surface area contributed by atoms with Gasteiger partial charge in [0.25, 0.3) is 5.56 Å². The number of hydrogen-bond acceptors (Lipinski definition) is 7. The Morgan fingerprint density at radius 1 is 0.971 bits per heavy atom. The van der Waals surface area contributed by atoms with Gasteiger partial charge in [0.15, 0.2) is 0 Å². The number of ether oxygens (including phenoxy) is 3. The Balaban J connectivity index is 1.71. The van der Waals surface area contributed by atoms with Crippen LogP contribution >= 0.6 is 0 Å². The van der Waals surface area contributed by atoms with Crippen LogP contribution in [0.3, 0.4) is 0 Å². The van der Waals surface area contributed by atoms with E-state index in [2.05, 4.69) is 4.90 Å². The number of anilines is 1. The fourth-order valence-corrected chi connectivity index (χ4v) is 4.93. The summed E-state index contributed by atoms with van der Waals surface area (Å²) in [6.07, 6.45) is 2.80. The van der Waals surface area contributed by atoms with Crippen LogP contribution in [0.2, 0.25) is 0 Å². The Morgan fingerprint density at radius 2 is 1.71 bits per heavy atom. The number of aliphatic hydroxyl groups excluding tert-OH is 1. The predicted molar refractivity (Wildman–Crippen MR) is 130 cm³/mol. The number of β-amino-alcohol motifs (C(OH)–C–C–N with tert-alkyl or cyclic N) is 1. The normalized spacial score (nSPS) is 17.1. The molecule has 8 heteroatoms. The van der Waals surface area contributed by atoms with Crippen molar-refractivity contribution in [1.29, 1.82) is 0 Å². The second-order valence-corrected chi connectivity index (χ2v) is 8.72. The summed E-state index contributed by atoms with van der Waals surface area (Å²) >= 11 is 0. The number of benzene rings is 2. The van der Waals surface area contributed by atoms with Gasteiger partial charge in [-0.1, -0.05) is 0 Å². The van der Waals surface area contributed by atoms with Gasteiger partial charge in [-0.2, -0.15) is 9.78 Å². The lowest BCUT2D eigenvalue weighted by molar-refractivity contribution is 0.198. The first-order valence-corrected chi connectivity index (χ1v) is 11.5. The molecule has 34 heavy (non-hydrogen) atoms. The van der Waals surface area contributed by atoms with Gasteiger partial charge < -0.3 is 24.2 Å². The van der Waals surface area contributed by atoms with E-state index in [0.717, 1.165) is 53.9 Å². The second-order valence-electron chi connectivity index (χ2n) is 8.72. The number of aromatic nitrogens is 2. The topological polar surface area (TPSA) is 86.1 Å². The molecule has 0 unspecified atom stereocenters. The van der Waals surface area contributed by atoms with E-state index in [4.69, 9.17) is 19.3 Å². The van der Waals surface area contributed by atoms with E-state index in [0.29, 0.717) is 35.9 Å². The molecule has 1 aliphatic heterocycles. The number of nitrogens with zero attached hydrogens (tertiary/aromatic N) is 3. The van der Waals surface area contributed by atoms with Crippen molar-refractivity contribution in [3.8, 4) is 34.2 Å². The van der Waals surface area contributed by atoms with Gasteiger partial charge in [-0.05, 0) is 61.6 Å². The molecule has 0 bridgehead atoms. The van der Waals surface area contributed by atoms with Gasteiger partial charge in [-0.25, -0.2) is 0 Å². The van der Waals surface area contributed by atoms with Gasteiger partial charge >= 0.3 is 0 Å². The van der Waals surface area contributed by atoms with Crippen molar-refractivity contribution in [3.05, 3.63) is 57.9 Å². The molecule has 1 aromatic heterocycles. The van der Waals surface area contributed by atoms with Crippen LogP contribution in [0.25, 0.3) is 16.9 Å². The molecule has 1 fully saturated rings. The summed E-state index contributed by atoms with van der Waals surface area (Å²) in [7, 11) is 4.82. The molecule has 0 radical (unpaired) electrons. The first-order chi connectivity index (χ1) is 16.5. The summed E-state index contributed by atoms with van der Waals surface area (Å²) in [5.74, 6) is 1.88.